The van der Waals surface area contributed by atoms with Gasteiger partial charge in [0.15, 0.2) is 0 Å². The van der Waals surface area contributed by atoms with Gasteiger partial charge in [-0.05, 0) is 12.1 Å². The fourth-order valence-corrected chi connectivity index (χ4v) is 1.45. The molecule has 1 N–H and O–H groups in total. The molecule has 0 heterocycles. The second-order valence-corrected chi connectivity index (χ2v) is 4.86. The molecule has 0 radical (unpaired) electrons. The molecule has 3 nitrogen and oxygen atoms in total. The Bertz CT molecular complexity index is 380. The highest BCUT2D eigenvalue weighted by Gasteiger charge is 2.21. The molecular formula is C13H20N2O. The van der Waals surface area contributed by atoms with Crippen LogP contribution in [-0.4, -0.2) is 20.0 Å². The molecule has 1 aromatic carbocycles. The molecule has 1 rings (SSSR count). The van der Waals surface area contributed by atoms with Gasteiger partial charge in [-0.25, -0.2) is 0 Å². The van der Waals surface area contributed by atoms with Crippen molar-refractivity contribution in [2.45, 2.75) is 20.8 Å². The minimum absolute atomic E-state index is 0.155. The fraction of sp³-hybridized carbons (Fsp3) is 0.462. The van der Waals surface area contributed by atoms with Gasteiger partial charge in [-0.2, -0.15) is 0 Å². The molecule has 0 amide bonds. The Balaban J connectivity index is 2.96. The number of hydrogen-bond donors (Lipinski definition) is 1. The zero-order valence-corrected chi connectivity index (χ0v) is 10.7. The average Bonchev–Trinajstić information content (AvgIpc) is 2.26. The van der Waals surface area contributed by atoms with Crippen LogP contribution >= 0.6 is 0 Å². The average molecular weight is 220 g/mol. The highest BCUT2D eigenvalue weighted by Crippen LogP contribution is 2.24. The summed E-state index contributed by atoms with van der Waals surface area (Å²) in [5, 5.41) is 8.10. The lowest BCUT2D eigenvalue weighted by Crippen LogP contribution is -2.36. The van der Waals surface area contributed by atoms with Crippen molar-refractivity contribution in [2.75, 3.05) is 19.1 Å². The first-order valence-corrected chi connectivity index (χ1v) is 5.33. The number of nitrogens with zero attached hydrogens (tertiary/aromatic N) is 1. The molecule has 16 heavy (non-hydrogen) atoms. The van der Waals surface area contributed by atoms with Crippen molar-refractivity contribution in [3.05, 3.63) is 24.3 Å². The Hall–Kier alpha value is -1.51. The molecular weight excluding hydrogens is 200 g/mol. The van der Waals surface area contributed by atoms with Crippen LogP contribution in [0.3, 0.4) is 0 Å². The quantitative estimate of drug-likeness (QED) is 0.614. The van der Waals surface area contributed by atoms with Crippen molar-refractivity contribution in [2.24, 2.45) is 5.41 Å². The summed E-state index contributed by atoms with van der Waals surface area (Å²) in [6.07, 6.45) is 0. The zero-order valence-electron chi connectivity index (χ0n) is 10.7. The van der Waals surface area contributed by atoms with Crippen LogP contribution in [0.5, 0.6) is 5.75 Å². The molecule has 0 aliphatic heterocycles. The Labute approximate surface area is 97.5 Å². The van der Waals surface area contributed by atoms with Gasteiger partial charge in [-0.1, -0.05) is 26.8 Å². The second kappa shape index (κ2) is 4.56. The summed E-state index contributed by atoms with van der Waals surface area (Å²) in [6, 6.07) is 7.74. The van der Waals surface area contributed by atoms with Gasteiger partial charge in [0.2, 0.25) is 0 Å². The normalized spacial score (nSPS) is 11.1. The molecule has 0 bridgehead atoms. The maximum absolute atomic E-state index is 8.10. The molecule has 0 aliphatic carbocycles. The molecule has 0 fully saturated rings. The summed E-state index contributed by atoms with van der Waals surface area (Å²) >= 11 is 0. The summed E-state index contributed by atoms with van der Waals surface area (Å²) in [6.45, 7) is 6.10. The van der Waals surface area contributed by atoms with Crippen LogP contribution < -0.4 is 9.64 Å². The molecule has 0 atom stereocenters. The van der Waals surface area contributed by atoms with Gasteiger partial charge in [0.05, 0.1) is 7.11 Å². The number of anilines is 1. The second-order valence-electron chi connectivity index (χ2n) is 4.86. The van der Waals surface area contributed by atoms with Gasteiger partial charge in [-0.15, -0.1) is 0 Å². The van der Waals surface area contributed by atoms with E-state index in [0.717, 1.165) is 11.4 Å². The van der Waals surface area contributed by atoms with Crippen LogP contribution in [0.15, 0.2) is 24.3 Å². The molecule has 3 heteroatoms. The smallest absolute Gasteiger partial charge is 0.120 e. The maximum Gasteiger partial charge on any atom is 0.120 e. The van der Waals surface area contributed by atoms with E-state index in [1.807, 2.05) is 57.0 Å². The van der Waals surface area contributed by atoms with Gasteiger partial charge in [0.25, 0.3) is 0 Å². The van der Waals surface area contributed by atoms with Crippen LogP contribution in [0.2, 0.25) is 0 Å². The van der Waals surface area contributed by atoms with E-state index in [4.69, 9.17) is 10.1 Å². The van der Waals surface area contributed by atoms with Crippen molar-refractivity contribution in [3.8, 4) is 5.75 Å². The van der Waals surface area contributed by atoms with E-state index in [1.165, 1.54) is 0 Å². The van der Waals surface area contributed by atoms with Gasteiger partial charge < -0.3 is 9.64 Å². The Morgan fingerprint density at radius 2 is 1.94 bits per heavy atom. The summed E-state index contributed by atoms with van der Waals surface area (Å²) in [7, 11) is 3.55. The molecule has 0 saturated carbocycles. The molecule has 1 aromatic rings. The number of ether oxygens (including phenoxy) is 1. The maximum atomic E-state index is 8.10. The SMILES string of the molecule is COc1cccc(N(C)C(=N)C(C)(C)C)c1. The molecule has 0 aliphatic rings. The predicted molar refractivity (Wildman–Crippen MR) is 68.6 cm³/mol. The van der Waals surface area contributed by atoms with Crippen molar-refractivity contribution in [3.63, 3.8) is 0 Å². The van der Waals surface area contributed by atoms with Crippen molar-refractivity contribution in [1.82, 2.24) is 0 Å². The highest BCUT2D eigenvalue weighted by molar-refractivity contribution is 5.98. The van der Waals surface area contributed by atoms with Crippen molar-refractivity contribution >= 4 is 11.5 Å². The molecule has 0 spiro atoms. The molecule has 88 valence electrons. The van der Waals surface area contributed by atoms with Crippen LogP contribution in [0.1, 0.15) is 20.8 Å². The Morgan fingerprint density at radius 3 is 2.44 bits per heavy atom. The van der Waals surface area contributed by atoms with E-state index < -0.39 is 0 Å². The highest BCUT2D eigenvalue weighted by atomic mass is 16.5. The number of nitrogens with one attached hydrogen (secondary N) is 1. The first-order chi connectivity index (χ1) is 7.36. The summed E-state index contributed by atoms with van der Waals surface area (Å²) in [5.74, 6) is 1.40. The first kappa shape index (κ1) is 12.6. The largest absolute Gasteiger partial charge is 0.497 e. The third-order valence-electron chi connectivity index (χ3n) is 2.49. The number of amidine groups is 1. The van der Waals surface area contributed by atoms with Crippen molar-refractivity contribution in [1.29, 1.82) is 5.41 Å². The van der Waals surface area contributed by atoms with Gasteiger partial charge in [0, 0.05) is 24.2 Å². The molecule has 0 saturated heterocycles. The summed E-state index contributed by atoms with van der Waals surface area (Å²) in [4.78, 5) is 1.88. The van der Waals surface area contributed by atoms with E-state index in [-0.39, 0.29) is 5.41 Å². The van der Waals surface area contributed by atoms with Gasteiger partial charge in [0.1, 0.15) is 11.6 Å². The van der Waals surface area contributed by atoms with Gasteiger partial charge >= 0.3 is 0 Å². The van der Waals surface area contributed by atoms with Gasteiger partial charge in [-0.3, -0.25) is 5.41 Å². The summed E-state index contributed by atoms with van der Waals surface area (Å²) in [5.41, 5.74) is 0.817. The van der Waals surface area contributed by atoms with E-state index in [9.17, 15) is 0 Å². The van der Waals surface area contributed by atoms with Crippen molar-refractivity contribution < 1.29 is 4.74 Å². The number of methoxy groups -OCH3 is 1. The Kier molecular flexibility index (Phi) is 3.58. The Morgan fingerprint density at radius 1 is 1.31 bits per heavy atom. The van der Waals surface area contributed by atoms with Crippen LogP contribution in [0.25, 0.3) is 0 Å². The number of hydrogen-bond acceptors (Lipinski definition) is 2. The van der Waals surface area contributed by atoms with Crippen LogP contribution in [0, 0.1) is 10.8 Å². The summed E-state index contributed by atoms with van der Waals surface area (Å²) < 4.78 is 5.17. The monoisotopic (exact) mass is 220 g/mol. The van der Waals surface area contributed by atoms with Crippen LogP contribution in [-0.2, 0) is 0 Å². The minimum atomic E-state index is -0.155. The van der Waals surface area contributed by atoms with Crippen LogP contribution in [0.4, 0.5) is 5.69 Å². The standard InChI is InChI=1S/C13H20N2O/c1-13(2,3)12(14)15(4)10-7-6-8-11(9-10)16-5/h6-9,14H,1-5H3. The van der Waals surface area contributed by atoms with E-state index in [0.29, 0.717) is 5.84 Å². The molecule has 0 aromatic heterocycles. The van der Waals surface area contributed by atoms with E-state index >= 15 is 0 Å². The predicted octanol–water partition coefficient (Wildman–Crippen LogP) is 3.15. The fourth-order valence-electron chi connectivity index (χ4n) is 1.45. The zero-order chi connectivity index (χ0) is 12.3. The number of rotatable bonds is 2. The number of benzene rings is 1. The topological polar surface area (TPSA) is 36.3 Å². The third kappa shape index (κ3) is 2.75. The minimum Gasteiger partial charge on any atom is -0.497 e. The lowest BCUT2D eigenvalue weighted by atomic mass is 9.94. The van der Waals surface area contributed by atoms with E-state index in [1.54, 1.807) is 7.11 Å². The van der Waals surface area contributed by atoms with E-state index in [2.05, 4.69) is 0 Å². The first-order valence-electron chi connectivity index (χ1n) is 5.33. The lowest BCUT2D eigenvalue weighted by molar-refractivity contribution is 0.415. The third-order valence-corrected chi connectivity index (χ3v) is 2.49. The molecule has 0 unspecified atom stereocenters. The lowest BCUT2D eigenvalue weighted by Gasteiger charge is -2.29.